The average Bonchev–Trinajstić information content (AvgIpc) is 2.54. The number of nitrogens with two attached hydrogens (primary N) is 1. The van der Waals surface area contributed by atoms with Crippen LogP contribution in [0.15, 0.2) is 30.3 Å². The van der Waals surface area contributed by atoms with Crippen LogP contribution in [-0.4, -0.2) is 5.91 Å². The van der Waals surface area contributed by atoms with E-state index >= 15 is 0 Å². The number of hydrogen-bond donors (Lipinski definition) is 2. The second-order valence-corrected chi connectivity index (χ2v) is 6.06. The molecule has 3 rings (SSSR count). The summed E-state index contributed by atoms with van der Waals surface area (Å²) in [5, 5.41) is 2.36. The predicted molar refractivity (Wildman–Crippen MR) is 86.9 cm³/mol. The number of nitrogen functional groups attached to an aromatic ring is 1. The van der Waals surface area contributed by atoms with Crippen molar-refractivity contribution in [2.24, 2.45) is 0 Å². The third kappa shape index (κ3) is 3.60. The molecule has 0 unspecified atom stereocenters. The number of fused-ring (bicyclic) bond motifs is 1. The van der Waals surface area contributed by atoms with Crippen molar-refractivity contribution in [2.45, 2.75) is 31.9 Å². The summed E-state index contributed by atoms with van der Waals surface area (Å²) in [7, 11) is 0. The number of alkyl halides is 3. The Hall–Kier alpha value is -2.57. The summed E-state index contributed by atoms with van der Waals surface area (Å²) >= 11 is 0. The van der Waals surface area contributed by atoms with E-state index in [1.54, 1.807) is 12.1 Å². The van der Waals surface area contributed by atoms with Crippen molar-refractivity contribution in [1.82, 2.24) is 0 Å². The van der Waals surface area contributed by atoms with Gasteiger partial charge in [-0.3, -0.25) is 4.79 Å². The Bertz CT molecular complexity index is 831. The minimum absolute atomic E-state index is 0.143. The zero-order valence-corrected chi connectivity index (χ0v) is 13.2. The maximum absolute atomic E-state index is 13.3. The Morgan fingerprint density at radius 3 is 2.32 bits per heavy atom. The van der Waals surface area contributed by atoms with Gasteiger partial charge < -0.3 is 11.1 Å². The number of carbonyl (C=O) groups is 1. The van der Waals surface area contributed by atoms with Gasteiger partial charge in [-0.2, -0.15) is 13.2 Å². The van der Waals surface area contributed by atoms with Crippen LogP contribution in [0.4, 0.5) is 28.9 Å². The second-order valence-electron chi connectivity index (χ2n) is 6.06. The number of rotatable bonds is 2. The Morgan fingerprint density at radius 2 is 1.68 bits per heavy atom. The SMILES string of the molecule is Nc1cc2c(cc1C(=O)Nc1ccc(F)c(C(F)(F)F)c1)CCCC2. The molecular weight excluding hydrogens is 336 g/mol. The van der Waals surface area contributed by atoms with Gasteiger partial charge in [-0.05, 0) is 67.1 Å². The number of anilines is 2. The van der Waals surface area contributed by atoms with Gasteiger partial charge in [-0.15, -0.1) is 0 Å². The molecule has 0 saturated carbocycles. The van der Waals surface area contributed by atoms with Crippen LogP contribution in [-0.2, 0) is 19.0 Å². The van der Waals surface area contributed by atoms with Gasteiger partial charge >= 0.3 is 6.18 Å². The summed E-state index contributed by atoms with van der Waals surface area (Å²) in [6.45, 7) is 0. The molecule has 3 nitrogen and oxygen atoms in total. The summed E-state index contributed by atoms with van der Waals surface area (Å²) in [6.07, 6.45) is -1.02. The van der Waals surface area contributed by atoms with Crippen molar-refractivity contribution in [3.05, 3.63) is 58.4 Å². The molecule has 2 aromatic rings. The standard InChI is InChI=1S/C18H16F4N2O/c19-15-6-5-12(9-14(15)18(20,21)22)24-17(25)13-7-10-3-1-2-4-11(10)8-16(13)23/h5-9H,1-4,23H2,(H,24,25). The summed E-state index contributed by atoms with van der Waals surface area (Å²) in [6, 6.07) is 5.76. The predicted octanol–water partition coefficient (Wildman–Crippen LogP) is 4.56. The number of amides is 1. The smallest absolute Gasteiger partial charge is 0.398 e. The van der Waals surface area contributed by atoms with E-state index in [1.807, 2.05) is 0 Å². The Morgan fingerprint density at radius 1 is 1.04 bits per heavy atom. The lowest BCUT2D eigenvalue weighted by Crippen LogP contribution is -2.17. The van der Waals surface area contributed by atoms with Crippen molar-refractivity contribution < 1.29 is 22.4 Å². The van der Waals surface area contributed by atoms with Crippen LogP contribution in [0.25, 0.3) is 0 Å². The van der Waals surface area contributed by atoms with E-state index < -0.39 is 23.5 Å². The Balaban J connectivity index is 1.88. The lowest BCUT2D eigenvalue weighted by Gasteiger charge is -2.18. The van der Waals surface area contributed by atoms with Gasteiger partial charge in [0.25, 0.3) is 5.91 Å². The highest BCUT2D eigenvalue weighted by molar-refractivity contribution is 6.08. The van der Waals surface area contributed by atoms with E-state index in [0.717, 1.165) is 42.9 Å². The number of aryl methyl sites for hydroxylation is 2. The van der Waals surface area contributed by atoms with Crippen molar-refractivity contribution in [1.29, 1.82) is 0 Å². The normalized spacial score (nSPS) is 14.1. The zero-order valence-electron chi connectivity index (χ0n) is 13.2. The molecule has 132 valence electrons. The first-order valence-corrected chi connectivity index (χ1v) is 7.85. The largest absolute Gasteiger partial charge is 0.419 e. The van der Waals surface area contributed by atoms with Crippen LogP contribution in [0.5, 0.6) is 0 Å². The molecule has 0 bridgehead atoms. The summed E-state index contributed by atoms with van der Waals surface area (Å²) < 4.78 is 51.6. The molecule has 0 saturated heterocycles. The first-order valence-electron chi connectivity index (χ1n) is 7.85. The highest BCUT2D eigenvalue weighted by Gasteiger charge is 2.34. The summed E-state index contributed by atoms with van der Waals surface area (Å²) in [5.74, 6) is -2.01. The molecule has 7 heteroatoms. The zero-order chi connectivity index (χ0) is 18.2. The number of nitrogens with one attached hydrogen (secondary N) is 1. The van der Waals surface area contributed by atoms with E-state index in [0.29, 0.717) is 12.1 Å². The van der Waals surface area contributed by atoms with Crippen molar-refractivity contribution >= 4 is 17.3 Å². The van der Waals surface area contributed by atoms with Gasteiger partial charge in [-0.25, -0.2) is 4.39 Å². The van der Waals surface area contributed by atoms with Gasteiger partial charge in [0.05, 0.1) is 11.1 Å². The molecule has 1 aliphatic rings. The van der Waals surface area contributed by atoms with Gasteiger partial charge in [0.15, 0.2) is 0 Å². The quantitative estimate of drug-likeness (QED) is 0.615. The van der Waals surface area contributed by atoms with Crippen LogP contribution < -0.4 is 11.1 Å². The van der Waals surface area contributed by atoms with E-state index in [-0.39, 0.29) is 16.9 Å². The Labute approximate surface area is 141 Å². The molecule has 1 aliphatic carbocycles. The minimum Gasteiger partial charge on any atom is -0.398 e. The molecule has 0 radical (unpaired) electrons. The maximum atomic E-state index is 13.3. The molecule has 1 amide bonds. The molecule has 0 heterocycles. The molecule has 0 fully saturated rings. The highest BCUT2D eigenvalue weighted by Crippen LogP contribution is 2.33. The number of halogens is 4. The molecule has 0 atom stereocenters. The fourth-order valence-electron chi connectivity index (χ4n) is 3.02. The molecule has 0 spiro atoms. The number of benzene rings is 2. The van der Waals surface area contributed by atoms with Crippen LogP contribution in [0.3, 0.4) is 0 Å². The minimum atomic E-state index is -4.84. The van der Waals surface area contributed by atoms with Crippen LogP contribution in [0.1, 0.15) is 39.9 Å². The first-order chi connectivity index (χ1) is 11.8. The van der Waals surface area contributed by atoms with Gasteiger partial charge in [0, 0.05) is 11.4 Å². The molecule has 25 heavy (non-hydrogen) atoms. The van der Waals surface area contributed by atoms with Crippen LogP contribution in [0, 0.1) is 5.82 Å². The molecule has 0 aromatic heterocycles. The van der Waals surface area contributed by atoms with Crippen molar-refractivity contribution in [2.75, 3.05) is 11.1 Å². The fourth-order valence-corrected chi connectivity index (χ4v) is 3.02. The monoisotopic (exact) mass is 352 g/mol. The average molecular weight is 352 g/mol. The van der Waals surface area contributed by atoms with Crippen molar-refractivity contribution in [3.63, 3.8) is 0 Å². The third-order valence-electron chi connectivity index (χ3n) is 4.29. The third-order valence-corrected chi connectivity index (χ3v) is 4.29. The van der Waals surface area contributed by atoms with Crippen LogP contribution >= 0.6 is 0 Å². The lowest BCUT2D eigenvalue weighted by molar-refractivity contribution is -0.139. The fraction of sp³-hybridized carbons (Fsp3) is 0.278. The van der Waals surface area contributed by atoms with Crippen LogP contribution in [0.2, 0.25) is 0 Å². The molecule has 0 aliphatic heterocycles. The van der Waals surface area contributed by atoms with E-state index in [9.17, 15) is 22.4 Å². The van der Waals surface area contributed by atoms with Crippen molar-refractivity contribution in [3.8, 4) is 0 Å². The Kier molecular flexibility index (Phi) is 4.41. The molecule has 2 aromatic carbocycles. The van der Waals surface area contributed by atoms with Gasteiger partial charge in [0.1, 0.15) is 5.82 Å². The van der Waals surface area contributed by atoms with Gasteiger partial charge in [-0.1, -0.05) is 0 Å². The van der Waals surface area contributed by atoms with E-state index in [1.165, 1.54) is 0 Å². The highest BCUT2D eigenvalue weighted by atomic mass is 19.4. The molecular formula is C18H16F4N2O. The first kappa shape index (κ1) is 17.3. The summed E-state index contributed by atoms with van der Waals surface area (Å²) in [4.78, 5) is 12.4. The van der Waals surface area contributed by atoms with E-state index in [4.69, 9.17) is 5.73 Å². The maximum Gasteiger partial charge on any atom is 0.419 e. The molecule has 3 N–H and O–H groups in total. The van der Waals surface area contributed by atoms with E-state index in [2.05, 4.69) is 5.32 Å². The second kappa shape index (κ2) is 6.38. The lowest BCUT2D eigenvalue weighted by atomic mass is 9.89. The summed E-state index contributed by atoms with van der Waals surface area (Å²) in [5.41, 5.74) is 6.96. The number of carbonyl (C=O) groups excluding carboxylic acids is 1. The number of hydrogen-bond acceptors (Lipinski definition) is 2. The van der Waals surface area contributed by atoms with Gasteiger partial charge in [0.2, 0.25) is 0 Å². The topological polar surface area (TPSA) is 55.1 Å².